The van der Waals surface area contributed by atoms with Crippen molar-refractivity contribution in [2.75, 3.05) is 39.6 Å². The highest BCUT2D eigenvalue weighted by atomic mass is 31.2. The monoisotopic (exact) mass is 1310 g/mol. The average molecular weight is 1310 g/mol. The van der Waals surface area contributed by atoms with E-state index in [1.165, 1.54) is 173 Å². The molecule has 19 heteroatoms. The van der Waals surface area contributed by atoms with Crippen molar-refractivity contribution in [3.8, 4) is 0 Å². The summed E-state index contributed by atoms with van der Waals surface area (Å²) < 4.78 is 68.3. The largest absolute Gasteiger partial charge is 0.472 e. The molecule has 0 aromatic carbocycles. The van der Waals surface area contributed by atoms with Crippen LogP contribution in [0.3, 0.4) is 0 Å². The van der Waals surface area contributed by atoms with Crippen molar-refractivity contribution >= 4 is 39.5 Å². The molecule has 0 spiro atoms. The van der Waals surface area contributed by atoms with E-state index in [9.17, 15) is 43.2 Å². The van der Waals surface area contributed by atoms with Gasteiger partial charge in [0.1, 0.15) is 19.3 Å². The van der Waals surface area contributed by atoms with Crippen LogP contribution in [0.2, 0.25) is 0 Å². The highest BCUT2D eigenvalue weighted by Gasteiger charge is 2.30. The van der Waals surface area contributed by atoms with Gasteiger partial charge in [-0.05, 0) is 37.5 Å². The number of ether oxygens (including phenoxy) is 4. The Hall–Kier alpha value is -1.94. The summed E-state index contributed by atoms with van der Waals surface area (Å²) >= 11 is 0. The molecule has 0 aromatic heterocycles. The van der Waals surface area contributed by atoms with Gasteiger partial charge in [0.2, 0.25) is 0 Å². The molecule has 0 heterocycles. The minimum absolute atomic E-state index is 0.105. The first-order chi connectivity index (χ1) is 42.9. The minimum Gasteiger partial charge on any atom is -0.462 e. The third kappa shape index (κ3) is 63.2. The molecule has 0 radical (unpaired) electrons. The maximum Gasteiger partial charge on any atom is 0.472 e. The second-order valence-electron chi connectivity index (χ2n) is 26.0. The quantitative estimate of drug-likeness (QED) is 0.0222. The highest BCUT2D eigenvalue weighted by molar-refractivity contribution is 7.47. The summed E-state index contributed by atoms with van der Waals surface area (Å²) in [6.45, 7) is 9.53. The van der Waals surface area contributed by atoms with Crippen molar-refractivity contribution in [2.24, 2.45) is 11.8 Å². The molecule has 3 N–H and O–H groups in total. The van der Waals surface area contributed by atoms with E-state index in [0.717, 1.165) is 102 Å². The number of esters is 4. The third-order valence-corrected chi connectivity index (χ3v) is 18.5. The smallest absolute Gasteiger partial charge is 0.462 e. The fourth-order valence-corrected chi connectivity index (χ4v) is 12.1. The zero-order chi connectivity index (χ0) is 65.7. The van der Waals surface area contributed by atoms with E-state index in [2.05, 4.69) is 41.5 Å². The maximum absolute atomic E-state index is 13.0. The number of carbonyl (C=O) groups is 4. The van der Waals surface area contributed by atoms with E-state index >= 15 is 0 Å². The average Bonchev–Trinajstić information content (AvgIpc) is 3.72. The molecular weight excluding hydrogens is 1170 g/mol. The maximum atomic E-state index is 13.0. The third-order valence-electron chi connectivity index (χ3n) is 16.6. The van der Waals surface area contributed by atoms with Gasteiger partial charge in [-0.1, -0.05) is 305 Å². The standard InChI is InChI=1S/C70H136O17P2/c1-7-10-12-14-16-18-20-22-24-28-36-42-48-54-69(74)86-65(58-81-68(73)53-47-41-35-29-25-26-32-38-44-50-62(4)5)60-84-88(76,77)82-56-64(71)57-83-89(78,79)85-61-66(87-70(75)55-49-43-37-31-30-33-39-45-51-63(6)9-3)59-80-67(72)52-46-40-34-27-23-21-19-17-15-13-11-8-2/h62-66,71H,7-61H2,1-6H3,(H,76,77)(H,78,79)/t63?,64-,65-,66-/m1/s1. The number of unbranched alkanes of at least 4 members (excludes halogenated alkanes) is 38. The van der Waals surface area contributed by atoms with Crippen LogP contribution in [0.1, 0.15) is 356 Å². The molecule has 0 amide bonds. The molecule has 0 saturated carbocycles. The van der Waals surface area contributed by atoms with Crippen molar-refractivity contribution in [1.29, 1.82) is 0 Å². The number of phosphoric ester groups is 2. The molecule has 0 aromatic rings. The Labute approximate surface area is 543 Å². The van der Waals surface area contributed by atoms with Gasteiger partial charge in [-0.2, -0.15) is 0 Å². The molecule has 3 unspecified atom stereocenters. The van der Waals surface area contributed by atoms with E-state index in [1.54, 1.807) is 0 Å². The summed E-state index contributed by atoms with van der Waals surface area (Å²) in [5.41, 5.74) is 0. The fraction of sp³-hybridized carbons (Fsp3) is 0.943. The molecule has 17 nitrogen and oxygen atoms in total. The summed E-state index contributed by atoms with van der Waals surface area (Å²) in [5, 5.41) is 10.6. The van der Waals surface area contributed by atoms with E-state index in [1.807, 2.05) is 0 Å². The highest BCUT2D eigenvalue weighted by Crippen LogP contribution is 2.45. The summed E-state index contributed by atoms with van der Waals surface area (Å²) in [5.74, 6) is -0.610. The number of hydrogen-bond acceptors (Lipinski definition) is 15. The van der Waals surface area contributed by atoms with Crippen LogP contribution in [0, 0.1) is 11.8 Å². The molecule has 0 aliphatic carbocycles. The van der Waals surface area contributed by atoms with E-state index in [0.29, 0.717) is 25.7 Å². The van der Waals surface area contributed by atoms with Gasteiger partial charge in [0.05, 0.1) is 26.4 Å². The van der Waals surface area contributed by atoms with Crippen LogP contribution in [-0.4, -0.2) is 96.7 Å². The van der Waals surface area contributed by atoms with Crippen LogP contribution >= 0.6 is 15.6 Å². The first-order valence-electron chi connectivity index (χ1n) is 36.5. The van der Waals surface area contributed by atoms with Gasteiger partial charge in [-0.15, -0.1) is 0 Å². The topological polar surface area (TPSA) is 237 Å². The Balaban J connectivity index is 5.27. The lowest BCUT2D eigenvalue weighted by molar-refractivity contribution is -0.161. The molecule has 0 bridgehead atoms. The molecule has 0 aliphatic heterocycles. The van der Waals surface area contributed by atoms with Crippen LogP contribution < -0.4 is 0 Å². The van der Waals surface area contributed by atoms with Gasteiger partial charge in [0.15, 0.2) is 12.2 Å². The van der Waals surface area contributed by atoms with Crippen molar-refractivity contribution in [3.05, 3.63) is 0 Å². The number of carbonyl (C=O) groups excluding carboxylic acids is 4. The minimum atomic E-state index is -4.95. The second-order valence-corrected chi connectivity index (χ2v) is 28.9. The predicted octanol–water partition coefficient (Wildman–Crippen LogP) is 20.0. The van der Waals surface area contributed by atoms with Crippen molar-refractivity contribution < 1.29 is 80.2 Å². The Bertz CT molecular complexity index is 1740. The molecular formula is C70H136O17P2. The van der Waals surface area contributed by atoms with Crippen molar-refractivity contribution in [2.45, 2.75) is 374 Å². The van der Waals surface area contributed by atoms with E-state index < -0.39 is 97.5 Å². The second kappa shape index (κ2) is 62.2. The summed E-state index contributed by atoms with van der Waals surface area (Å²) in [7, 11) is -9.90. The Kier molecular flexibility index (Phi) is 60.8. The number of aliphatic hydroxyl groups excluding tert-OH is 1. The summed E-state index contributed by atoms with van der Waals surface area (Å²) in [6, 6.07) is 0. The van der Waals surface area contributed by atoms with Crippen LogP contribution in [-0.2, 0) is 65.4 Å². The lowest BCUT2D eigenvalue weighted by Gasteiger charge is -2.21. The zero-order valence-corrected chi connectivity index (χ0v) is 59.5. The van der Waals surface area contributed by atoms with Crippen LogP contribution in [0.25, 0.3) is 0 Å². The number of phosphoric acid groups is 2. The lowest BCUT2D eigenvalue weighted by Crippen LogP contribution is -2.30. The van der Waals surface area contributed by atoms with Gasteiger partial charge >= 0.3 is 39.5 Å². The van der Waals surface area contributed by atoms with Crippen LogP contribution in [0.4, 0.5) is 0 Å². The zero-order valence-electron chi connectivity index (χ0n) is 57.7. The molecule has 0 rings (SSSR count). The van der Waals surface area contributed by atoms with E-state index in [-0.39, 0.29) is 25.7 Å². The van der Waals surface area contributed by atoms with Gasteiger partial charge < -0.3 is 33.8 Å². The lowest BCUT2D eigenvalue weighted by atomic mass is 9.99. The molecule has 0 saturated heterocycles. The number of hydrogen-bond donors (Lipinski definition) is 3. The van der Waals surface area contributed by atoms with Gasteiger partial charge in [-0.25, -0.2) is 9.13 Å². The SMILES string of the molecule is CCCCCCCCCCCCCCCC(=O)O[C@H](COC(=O)CCCCCCCCCCCC(C)C)COP(=O)(O)OC[C@@H](O)COP(=O)(O)OC[C@@H](COC(=O)CCCCCCCCCCCCCC)OC(=O)CCCCCCCCCCC(C)CC. The van der Waals surface area contributed by atoms with Crippen molar-refractivity contribution in [1.82, 2.24) is 0 Å². The summed E-state index contributed by atoms with van der Waals surface area (Å²) in [4.78, 5) is 72.6. The first-order valence-corrected chi connectivity index (χ1v) is 39.5. The molecule has 89 heavy (non-hydrogen) atoms. The Morgan fingerprint density at radius 2 is 0.573 bits per heavy atom. The van der Waals surface area contributed by atoms with Crippen LogP contribution in [0.5, 0.6) is 0 Å². The fourth-order valence-electron chi connectivity index (χ4n) is 10.6. The molecule has 0 aliphatic rings. The van der Waals surface area contributed by atoms with Crippen LogP contribution in [0.15, 0.2) is 0 Å². The van der Waals surface area contributed by atoms with Gasteiger partial charge in [0.25, 0.3) is 0 Å². The van der Waals surface area contributed by atoms with Gasteiger partial charge in [-0.3, -0.25) is 37.3 Å². The van der Waals surface area contributed by atoms with Crippen molar-refractivity contribution in [3.63, 3.8) is 0 Å². The summed E-state index contributed by atoms with van der Waals surface area (Å²) in [6.07, 6.45) is 47.0. The molecule has 6 atom stereocenters. The number of aliphatic hydroxyl groups is 1. The Morgan fingerprint density at radius 1 is 0.326 bits per heavy atom. The molecule has 0 fully saturated rings. The first kappa shape index (κ1) is 87.1. The van der Waals surface area contributed by atoms with E-state index in [4.69, 9.17) is 37.0 Å². The van der Waals surface area contributed by atoms with Gasteiger partial charge in [0, 0.05) is 25.7 Å². The predicted molar refractivity (Wildman–Crippen MR) is 358 cm³/mol. The Morgan fingerprint density at radius 3 is 0.854 bits per heavy atom. The normalized spacial score (nSPS) is 14.4. The molecule has 528 valence electrons. The number of rotatable bonds is 69.